The number of Topliss-reactive ketones (excluding diaryl/α,β-unsaturated/α-hetero) is 1. The molecule has 0 spiro atoms. The zero-order valence-corrected chi connectivity index (χ0v) is 17.9. The van der Waals surface area contributed by atoms with E-state index in [0.29, 0.717) is 18.5 Å². The molecule has 0 amide bonds. The Morgan fingerprint density at radius 3 is 2.72 bits per heavy atom. The lowest BCUT2D eigenvalue weighted by molar-refractivity contribution is -0.119. The monoisotopic (exact) mass is 414 g/mol. The van der Waals surface area contributed by atoms with Gasteiger partial charge in [0.15, 0.2) is 11.9 Å². The Kier molecular flexibility index (Phi) is 4.45. The van der Waals surface area contributed by atoms with E-state index in [2.05, 4.69) is 41.0 Å². The summed E-state index contributed by atoms with van der Waals surface area (Å²) in [6.45, 7) is 6.25. The predicted molar refractivity (Wildman–Crippen MR) is 112 cm³/mol. The topological polar surface area (TPSA) is 100.0 Å². The molecule has 4 rings (SSSR count). The number of sulfonamides is 1. The Labute approximate surface area is 171 Å². The number of carbonyl (C=O) groups is 1. The molecular weight excluding hydrogens is 388 g/mol. The molecule has 0 fully saturated rings. The molecule has 0 saturated heterocycles. The lowest BCUT2D eigenvalue weighted by atomic mass is 9.59. The molecule has 7 nitrogen and oxygen atoms in total. The van der Waals surface area contributed by atoms with Gasteiger partial charge in [-0.25, -0.2) is 8.42 Å². The second-order valence-electron chi connectivity index (χ2n) is 8.87. The van der Waals surface area contributed by atoms with E-state index >= 15 is 0 Å². The molecule has 1 aromatic rings. The smallest absolute Gasteiger partial charge is 0.229 e. The summed E-state index contributed by atoms with van der Waals surface area (Å²) in [5.74, 6) is 0.123. The fraction of sp³-hybridized carbons (Fsp3) is 0.476. The maximum absolute atomic E-state index is 13.4. The molecule has 2 atom stereocenters. The summed E-state index contributed by atoms with van der Waals surface area (Å²) in [6, 6.07) is 7.31. The minimum Gasteiger partial charge on any atom is -0.362 e. The van der Waals surface area contributed by atoms with E-state index in [4.69, 9.17) is 0 Å². The highest BCUT2D eigenvalue weighted by Crippen LogP contribution is 2.53. The Balaban J connectivity index is 1.94. The zero-order valence-electron chi connectivity index (χ0n) is 17.1. The van der Waals surface area contributed by atoms with Crippen LogP contribution in [0.1, 0.15) is 45.6 Å². The van der Waals surface area contributed by atoms with Crippen LogP contribution < -0.4 is 10.0 Å². The summed E-state index contributed by atoms with van der Waals surface area (Å²) in [5.41, 5.74) is 3.17. The van der Waals surface area contributed by atoms with Crippen LogP contribution in [0.25, 0.3) is 0 Å². The van der Waals surface area contributed by atoms with Crippen LogP contribution in [0.15, 0.2) is 57.5 Å². The van der Waals surface area contributed by atoms with Gasteiger partial charge in [0.2, 0.25) is 10.0 Å². The molecule has 3 aliphatic rings. The lowest BCUT2D eigenvalue weighted by Crippen LogP contribution is -2.51. The Morgan fingerprint density at radius 1 is 1.28 bits per heavy atom. The first-order chi connectivity index (χ1) is 13.6. The fourth-order valence-corrected chi connectivity index (χ4v) is 5.51. The molecule has 0 radical (unpaired) electrons. The van der Waals surface area contributed by atoms with Crippen LogP contribution in [0.5, 0.6) is 0 Å². The third-order valence-electron chi connectivity index (χ3n) is 5.97. The molecule has 1 aromatic carbocycles. The van der Waals surface area contributed by atoms with Crippen molar-refractivity contribution >= 4 is 21.5 Å². The van der Waals surface area contributed by atoms with Crippen molar-refractivity contribution in [2.45, 2.75) is 51.6 Å². The van der Waals surface area contributed by atoms with Gasteiger partial charge >= 0.3 is 0 Å². The molecule has 0 aromatic heterocycles. The van der Waals surface area contributed by atoms with Gasteiger partial charge in [0.1, 0.15) is 0 Å². The minimum atomic E-state index is -3.41. The maximum Gasteiger partial charge on any atom is 0.229 e. The molecule has 0 bridgehead atoms. The van der Waals surface area contributed by atoms with Crippen molar-refractivity contribution in [3.63, 3.8) is 0 Å². The van der Waals surface area contributed by atoms with Crippen molar-refractivity contribution in [1.82, 2.24) is 5.32 Å². The second-order valence-corrected chi connectivity index (χ2v) is 10.6. The first-order valence-corrected chi connectivity index (χ1v) is 11.7. The van der Waals surface area contributed by atoms with Crippen LogP contribution >= 0.6 is 0 Å². The molecule has 2 N–H and O–H groups in total. The van der Waals surface area contributed by atoms with E-state index in [-0.39, 0.29) is 17.4 Å². The number of hydrogen-bond acceptors (Lipinski definition) is 6. The van der Waals surface area contributed by atoms with Crippen molar-refractivity contribution in [2.24, 2.45) is 15.6 Å². The van der Waals surface area contributed by atoms with Gasteiger partial charge < -0.3 is 5.32 Å². The number of anilines is 1. The number of nitrogens with zero attached hydrogens (tertiary/aromatic N) is 2. The van der Waals surface area contributed by atoms with Crippen LogP contribution in [0.3, 0.4) is 0 Å². The van der Waals surface area contributed by atoms with Crippen LogP contribution in [-0.2, 0) is 20.2 Å². The van der Waals surface area contributed by atoms with Gasteiger partial charge in [-0.05, 0) is 36.0 Å². The predicted octanol–water partition coefficient (Wildman–Crippen LogP) is 3.63. The van der Waals surface area contributed by atoms with Gasteiger partial charge in [-0.2, -0.15) is 10.2 Å². The number of azo groups is 1. The molecule has 2 heterocycles. The Morgan fingerprint density at radius 2 is 2.03 bits per heavy atom. The second kappa shape index (κ2) is 6.52. The highest BCUT2D eigenvalue weighted by Gasteiger charge is 2.52. The normalized spacial score (nSPS) is 27.8. The molecule has 8 heteroatoms. The Bertz CT molecular complexity index is 1080. The van der Waals surface area contributed by atoms with Crippen LogP contribution in [0, 0.1) is 5.41 Å². The number of rotatable bonds is 4. The summed E-state index contributed by atoms with van der Waals surface area (Å²) in [6.07, 6.45) is 4.45. The van der Waals surface area contributed by atoms with Gasteiger partial charge in [-0.3, -0.25) is 9.52 Å². The summed E-state index contributed by atoms with van der Waals surface area (Å²) in [4.78, 5) is 13.4. The third-order valence-corrected chi connectivity index (χ3v) is 6.57. The quantitative estimate of drug-likeness (QED) is 0.786. The van der Waals surface area contributed by atoms with Crippen LogP contribution in [-0.4, -0.2) is 26.6 Å². The lowest BCUT2D eigenvalue weighted by Gasteiger charge is -2.47. The maximum atomic E-state index is 13.4. The molecule has 154 valence electrons. The number of hydrogen-bond donors (Lipinski definition) is 2. The van der Waals surface area contributed by atoms with Crippen molar-refractivity contribution < 1.29 is 13.2 Å². The van der Waals surface area contributed by atoms with Crippen LogP contribution in [0.4, 0.5) is 5.69 Å². The first-order valence-electron chi connectivity index (χ1n) is 9.78. The standard InChI is InChI=1S/C21H26N4O3S/c1-5-21(13-7-6-8-14(9-13)25-29(4,27)28)15-12-22-24-19(15)23-16-10-20(2,3)11-17(26)18(16)21/h6-9,12,19,23,25H,5,10-11H2,1-4H3/t19?,21-/m1/s1. The summed E-state index contributed by atoms with van der Waals surface area (Å²) in [7, 11) is -3.41. The summed E-state index contributed by atoms with van der Waals surface area (Å²) in [5, 5.41) is 11.9. The van der Waals surface area contributed by atoms with Crippen molar-refractivity contribution in [1.29, 1.82) is 0 Å². The van der Waals surface area contributed by atoms with E-state index < -0.39 is 15.4 Å². The van der Waals surface area contributed by atoms with Crippen molar-refractivity contribution in [3.05, 3.63) is 52.9 Å². The SMILES string of the molecule is CC[C@@]1(c2cccc(NS(C)(=O)=O)c2)C2=CN=NC2NC2=C1C(=O)CC(C)(C)C2. The molecule has 0 saturated carbocycles. The average molecular weight is 415 g/mol. The number of benzene rings is 1. The number of ketones is 1. The fourth-order valence-electron chi connectivity index (χ4n) is 4.95. The van der Waals surface area contributed by atoms with Crippen LogP contribution in [0.2, 0.25) is 0 Å². The zero-order chi connectivity index (χ0) is 21.0. The van der Waals surface area contributed by atoms with Gasteiger partial charge in [-0.15, -0.1) is 0 Å². The van der Waals surface area contributed by atoms with Gasteiger partial charge in [0.25, 0.3) is 0 Å². The van der Waals surface area contributed by atoms with Crippen molar-refractivity contribution in [2.75, 3.05) is 11.0 Å². The highest BCUT2D eigenvalue weighted by atomic mass is 32.2. The molecular formula is C21H26N4O3S. The number of nitrogens with one attached hydrogen (secondary N) is 2. The van der Waals surface area contributed by atoms with E-state index in [1.54, 1.807) is 12.3 Å². The Hall–Kier alpha value is -2.48. The van der Waals surface area contributed by atoms with E-state index in [9.17, 15) is 13.2 Å². The average Bonchev–Trinajstić information content (AvgIpc) is 3.06. The molecule has 2 aliphatic heterocycles. The molecule has 29 heavy (non-hydrogen) atoms. The largest absolute Gasteiger partial charge is 0.362 e. The number of fused-ring (bicyclic) bond motifs is 1. The van der Waals surface area contributed by atoms with E-state index in [1.807, 2.05) is 18.2 Å². The number of carbonyl (C=O) groups excluding carboxylic acids is 1. The van der Waals surface area contributed by atoms with Gasteiger partial charge in [0, 0.05) is 29.0 Å². The van der Waals surface area contributed by atoms with E-state index in [1.165, 1.54) is 0 Å². The highest BCUT2D eigenvalue weighted by molar-refractivity contribution is 7.92. The summed E-state index contributed by atoms with van der Waals surface area (Å²) < 4.78 is 26.0. The van der Waals surface area contributed by atoms with Gasteiger partial charge in [-0.1, -0.05) is 32.9 Å². The first kappa shape index (κ1) is 19.8. The number of allylic oxidation sites excluding steroid dienone is 2. The summed E-state index contributed by atoms with van der Waals surface area (Å²) >= 11 is 0. The third kappa shape index (κ3) is 3.29. The molecule has 1 unspecified atom stereocenters. The van der Waals surface area contributed by atoms with E-state index in [0.717, 1.165) is 35.1 Å². The van der Waals surface area contributed by atoms with Crippen molar-refractivity contribution in [3.8, 4) is 0 Å². The minimum absolute atomic E-state index is 0.123. The molecule has 1 aliphatic carbocycles. The van der Waals surface area contributed by atoms with Gasteiger partial charge in [0.05, 0.1) is 17.9 Å².